The molecule has 0 aliphatic heterocycles. The number of benzene rings is 1. The SMILES string of the molecule is CC(C)Cn1c(SC(C(=O)N(C)C)C(C)C)nnc1-c1ccc(Cl)cc1Cl. The van der Waals surface area contributed by atoms with Gasteiger partial charge in [0.2, 0.25) is 5.91 Å². The minimum absolute atomic E-state index is 0.0696. The molecule has 148 valence electrons. The Balaban J connectivity index is 2.48. The van der Waals surface area contributed by atoms with Crippen LogP contribution in [0.3, 0.4) is 0 Å². The number of halogens is 2. The van der Waals surface area contributed by atoms with E-state index in [2.05, 4.69) is 24.0 Å². The Hall–Kier alpha value is -1.24. The minimum Gasteiger partial charge on any atom is -0.348 e. The van der Waals surface area contributed by atoms with Crippen LogP contribution in [0, 0.1) is 11.8 Å². The van der Waals surface area contributed by atoms with E-state index < -0.39 is 0 Å². The number of hydrogen-bond donors (Lipinski definition) is 0. The maximum Gasteiger partial charge on any atom is 0.235 e. The minimum atomic E-state index is -0.233. The lowest BCUT2D eigenvalue weighted by atomic mass is 10.1. The third-order valence-electron chi connectivity index (χ3n) is 3.96. The van der Waals surface area contributed by atoms with E-state index in [0.29, 0.717) is 21.8 Å². The number of carbonyl (C=O) groups excluding carboxylic acids is 1. The summed E-state index contributed by atoms with van der Waals surface area (Å²) in [5.41, 5.74) is 0.779. The molecule has 2 aromatic rings. The molecule has 0 N–H and O–H groups in total. The topological polar surface area (TPSA) is 51.0 Å². The van der Waals surface area contributed by atoms with E-state index in [1.54, 1.807) is 31.1 Å². The second kappa shape index (κ2) is 9.30. The molecule has 1 unspecified atom stereocenters. The largest absolute Gasteiger partial charge is 0.348 e. The number of nitrogens with zero attached hydrogens (tertiary/aromatic N) is 4. The zero-order valence-electron chi connectivity index (χ0n) is 16.5. The lowest BCUT2D eigenvalue weighted by Gasteiger charge is -2.23. The van der Waals surface area contributed by atoms with Crippen molar-refractivity contribution in [3.63, 3.8) is 0 Å². The highest BCUT2D eigenvalue weighted by Gasteiger charge is 2.28. The van der Waals surface area contributed by atoms with Gasteiger partial charge in [-0.05, 0) is 30.0 Å². The van der Waals surface area contributed by atoms with Crippen molar-refractivity contribution < 1.29 is 4.79 Å². The number of aromatic nitrogens is 3. The summed E-state index contributed by atoms with van der Waals surface area (Å²) in [6, 6.07) is 5.34. The monoisotopic (exact) mass is 428 g/mol. The highest BCUT2D eigenvalue weighted by molar-refractivity contribution is 8.00. The third kappa shape index (κ3) is 5.39. The van der Waals surface area contributed by atoms with Crippen molar-refractivity contribution in [2.75, 3.05) is 14.1 Å². The van der Waals surface area contributed by atoms with Gasteiger partial charge in [-0.1, -0.05) is 62.7 Å². The molecule has 27 heavy (non-hydrogen) atoms. The maximum absolute atomic E-state index is 12.6. The number of rotatable bonds is 7. The quantitative estimate of drug-likeness (QED) is 0.574. The van der Waals surface area contributed by atoms with Crippen LogP contribution in [0.5, 0.6) is 0 Å². The highest BCUT2D eigenvalue weighted by atomic mass is 35.5. The Morgan fingerprint density at radius 2 is 1.85 bits per heavy atom. The van der Waals surface area contributed by atoms with E-state index in [1.165, 1.54) is 11.8 Å². The van der Waals surface area contributed by atoms with Crippen molar-refractivity contribution in [2.45, 2.75) is 44.6 Å². The molecule has 0 saturated carbocycles. The van der Waals surface area contributed by atoms with Gasteiger partial charge in [0.25, 0.3) is 0 Å². The Morgan fingerprint density at radius 3 is 2.37 bits per heavy atom. The molecule has 1 aromatic heterocycles. The van der Waals surface area contributed by atoms with Crippen LogP contribution in [-0.2, 0) is 11.3 Å². The van der Waals surface area contributed by atoms with E-state index in [4.69, 9.17) is 23.2 Å². The zero-order chi connectivity index (χ0) is 20.3. The molecule has 0 fully saturated rings. The van der Waals surface area contributed by atoms with Gasteiger partial charge < -0.3 is 9.47 Å². The summed E-state index contributed by atoms with van der Waals surface area (Å²) in [4.78, 5) is 14.2. The van der Waals surface area contributed by atoms with Crippen molar-refractivity contribution >= 4 is 40.9 Å². The van der Waals surface area contributed by atoms with E-state index >= 15 is 0 Å². The maximum atomic E-state index is 12.6. The first kappa shape index (κ1) is 22.1. The average Bonchev–Trinajstić information content (AvgIpc) is 2.93. The van der Waals surface area contributed by atoms with Gasteiger partial charge in [-0.2, -0.15) is 0 Å². The highest BCUT2D eigenvalue weighted by Crippen LogP contribution is 2.34. The van der Waals surface area contributed by atoms with Crippen LogP contribution >= 0.6 is 35.0 Å². The van der Waals surface area contributed by atoms with Gasteiger partial charge in [0.1, 0.15) is 0 Å². The zero-order valence-corrected chi connectivity index (χ0v) is 18.9. The molecule has 0 saturated heterocycles. The second-order valence-electron chi connectivity index (χ2n) is 7.45. The number of amides is 1. The lowest BCUT2D eigenvalue weighted by Crippen LogP contribution is -2.35. The molecule has 1 heterocycles. The van der Waals surface area contributed by atoms with Crippen molar-refractivity contribution in [1.29, 1.82) is 0 Å². The van der Waals surface area contributed by atoms with Gasteiger partial charge in [-0.3, -0.25) is 4.79 Å². The fourth-order valence-corrected chi connectivity index (χ4v) is 4.30. The molecule has 0 aliphatic carbocycles. The number of hydrogen-bond acceptors (Lipinski definition) is 4. The average molecular weight is 429 g/mol. The lowest BCUT2D eigenvalue weighted by molar-refractivity contribution is -0.128. The van der Waals surface area contributed by atoms with Crippen molar-refractivity contribution in [1.82, 2.24) is 19.7 Å². The number of carbonyl (C=O) groups is 1. The van der Waals surface area contributed by atoms with Gasteiger partial charge in [0.15, 0.2) is 11.0 Å². The Labute approximate surface area is 175 Å². The first-order chi connectivity index (χ1) is 12.6. The third-order valence-corrected chi connectivity index (χ3v) is 6.02. The molecule has 1 amide bonds. The van der Waals surface area contributed by atoms with E-state index in [9.17, 15) is 4.79 Å². The summed E-state index contributed by atoms with van der Waals surface area (Å²) in [5.74, 6) is 1.30. The van der Waals surface area contributed by atoms with E-state index in [0.717, 1.165) is 17.3 Å². The standard InChI is InChI=1S/C19H26Cl2N4OS/c1-11(2)10-25-17(14-8-7-13(20)9-15(14)21)22-23-19(25)27-16(12(3)4)18(26)24(5)6/h7-9,11-12,16H,10H2,1-6H3. The van der Waals surface area contributed by atoms with Crippen LogP contribution in [0.2, 0.25) is 10.0 Å². The summed E-state index contributed by atoms with van der Waals surface area (Å²) in [6.07, 6.45) is 0. The summed E-state index contributed by atoms with van der Waals surface area (Å²) >= 11 is 13.9. The second-order valence-corrected chi connectivity index (χ2v) is 9.40. The molecule has 0 bridgehead atoms. The molecule has 0 radical (unpaired) electrons. The first-order valence-electron chi connectivity index (χ1n) is 8.88. The molecule has 1 aromatic carbocycles. The predicted molar refractivity (Wildman–Crippen MR) is 113 cm³/mol. The van der Waals surface area contributed by atoms with Gasteiger partial charge in [-0.25, -0.2) is 0 Å². The van der Waals surface area contributed by atoms with E-state index in [-0.39, 0.29) is 17.1 Å². The molecule has 0 spiro atoms. The van der Waals surface area contributed by atoms with Crippen LogP contribution in [0.1, 0.15) is 27.7 Å². The predicted octanol–water partition coefficient (Wildman–Crippen LogP) is 5.11. The Kier molecular flexibility index (Phi) is 7.60. The summed E-state index contributed by atoms with van der Waals surface area (Å²) < 4.78 is 2.04. The molecule has 2 rings (SSSR count). The van der Waals surface area contributed by atoms with Crippen molar-refractivity contribution in [3.05, 3.63) is 28.2 Å². The molecule has 0 aliphatic rings. The van der Waals surface area contributed by atoms with Crippen LogP contribution in [-0.4, -0.2) is 44.9 Å². The van der Waals surface area contributed by atoms with Gasteiger partial charge in [0, 0.05) is 31.2 Å². The van der Waals surface area contributed by atoms with Crippen LogP contribution in [0.4, 0.5) is 0 Å². The summed E-state index contributed by atoms with van der Waals surface area (Å²) in [7, 11) is 3.55. The molecular weight excluding hydrogens is 403 g/mol. The smallest absolute Gasteiger partial charge is 0.235 e. The Bertz CT molecular complexity index is 805. The van der Waals surface area contributed by atoms with Gasteiger partial charge >= 0.3 is 0 Å². The summed E-state index contributed by atoms with van der Waals surface area (Å²) in [5, 5.41) is 10.4. The Morgan fingerprint density at radius 1 is 1.19 bits per heavy atom. The van der Waals surface area contributed by atoms with Crippen LogP contribution < -0.4 is 0 Å². The summed E-state index contributed by atoms with van der Waals surface area (Å²) in [6.45, 7) is 9.07. The molecule has 1 atom stereocenters. The fraction of sp³-hybridized carbons (Fsp3) is 0.526. The fourth-order valence-electron chi connectivity index (χ4n) is 2.62. The van der Waals surface area contributed by atoms with E-state index in [1.807, 2.05) is 24.5 Å². The van der Waals surface area contributed by atoms with Gasteiger partial charge in [0.05, 0.1) is 10.3 Å². The normalized spacial score (nSPS) is 12.7. The van der Waals surface area contributed by atoms with Crippen molar-refractivity contribution in [3.8, 4) is 11.4 Å². The first-order valence-corrected chi connectivity index (χ1v) is 10.5. The van der Waals surface area contributed by atoms with Gasteiger partial charge in [-0.15, -0.1) is 10.2 Å². The van der Waals surface area contributed by atoms with Crippen LogP contribution in [0.15, 0.2) is 23.4 Å². The molecule has 5 nitrogen and oxygen atoms in total. The molecule has 8 heteroatoms. The molecular formula is C19H26Cl2N4OS. The number of thioether (sulfide) groups is 1. The van der Waals surface area contributed by atoms with Crippen molar-refractivity contribution in [2.24, 2.45) is 11.8 Å². The van der Waals surface area contributed by atoms with Crippen LogP contribution in [0.25, 0.3) is 11.4 Å².